The van der Waals surface area contributed by atoms with Crippen LogP contribution in [0.25, 0.3) is 0 Å². The number of piperidine rings is 1. The second kappa shape index (κ2) is 9.82. The summed E-state index contributed by atoms with van der Waals surface area (Å²) in [5, 5.41) is 2.86. The van der Waals surface area contributed by atoms with E-state index in [1.54, 1.807) is 19.1 Å². The lowest BCUT2D eigenvalue weighted by Gasteiger charge is -2.40. The molecule has 0 unspecified atom stereocenters. The van der Waals surface area contributed by atoms with Crippen LogP contribution in [0.4, 0.5) is 4.79 Å². The third kappa shape index (κ3) is 4.93. The van der Waals surface area contributed by atoms with Crippen molar-refractivity contribution >= 4 is 11.9 Å². The molecule has 3 rings (SSSR count). The fourth-order valence-electron chi connectivity index (χ4n) is 4.10. The summed E-state index contributed by atoms with van der Waals surface area (Å²) >= 11 is 0. The first kappa shape index (κ1) is 21.2. The van der Waals surface area contributed by atoms with E-state index in [4.69, 9.17) is 14.2 Å². The van der Waals surface area contributed by atoms with E-state index in [1.165, 1.54) is 0 Å². The Morgan fingerprint density at radius 1 is 1.10 bits per heavy atom. The van der Waals surface area contributed by atoms with Gasteiger partial charge in [-0.05, 0) is 31.0 Å². The molecule has 1 aromatic carbocycles. The van der Waals surface area contributed by atoms with Crippen LogP contribution in [0.1, 0.15) is 24.8 Å². The van der Waals surface area contributed by atoms with Crippen molar-refractivity contribution in [2.24, 2.45) is 5.92 Å². The highest BCUT2D eigenvalue weighted by molar-refractivity contribution is 5.81. The molecule has 2 saturated heterocycles. The van der Waals surface area contributed by atoms with Crippen LogP contribution in [0.5, 0.6) is 11.5 Å². The zero-order valence-corrected chi connectivity index (χ0v) is 17.5. The molecule has 0 radical (unpaired) electrons. The second-order valence-electron chi connectivity index (χ2n) is 7.42. The summed E-state index contributed by atoms with van der Waals surface area (Å²) in [5.74, 6) is 1.22. The molecule has 8 heteroatoms. The Morgan fingerprint density at radius 3 is 2.48 bits per heavy atom. The van der Waals surface area contributed by atoms with Gasteiger partial charge < -0.3 is 29.3 Å². The zero-order valence-electron chi connectivity index (χ0n) is 17.5. The molecular formula is C21H31N3O5. The molecule has 3 amide bonds. The maximum Gasteiger partial charge on any atom is 0.317 e. The summed E-state index contributed by atoms with van der Waals surface area (Å²) in [7, 11) is 3.21. The van der Waals surface area contributed by atoms with Gasteiger partial charge in [0, 0.05) is 38.6 Å². The van der Waals surface area contributed by atoms with Crippen LogP contribution in [0.15, 0.2) is 18.2 Å². The number of amides is 3. The molecule has 0 spiro atoms. The van der Waals surface area contributed by atoms with Gasteiger partial charge in [-0.15, -0.1) is 0 Å². The van der Waals surface area contributed by atoms with Gasteiger partial charge in [0.05, 0.1) is 33.4 Å². The SMILES string of the molecule is CCNC(=O)N1C[C@H](C(=O)N2CCOCC2)C[C@@H](c2ccc(OC)c(OC)c2)C1. The molecule has 1 N–H and O–H groups in total. The summed E-state index contributed by atoms with van der Waals surface area (Å²) in [6.07, 6.45) is 0.696. The number of nitrogens with one attached hydrogen (secondary N) is 1. The topological polar surface area (TPSA) is 80.3 Å². The standard InChI is InChI=1S/C21H31N3O5/c1-4-22-21(26)24-13-16(15-5-6-18(27-2)19(12-15)28-3)11-17(14-24)20(25)23-7-9-29-10-8-23/h5-6,12,16-17H,4,7-11,13-14H2,1-3H3,(H,22,26)/t16-,17-/m1/s1. The average molecular weight is 405 g/mol. The van der Waals surface area contributed by atoms with E-state index >= 15 is 0 Å². The Kier molecular flexibility index (Phi) is 7.19. The number of rotatable bonds is 5. The maximum absolute atomic E-state index is 13.1. The highest BCUT2D eigenvalue weighted by Crippen LogP contribution is 2.36. The monoisotopic (exact) mass is 405 g/mol. The predicted molar refractivity (Wildman–Crippen MR) is 108 cm³/mol. The van der Waals surface area contributed by atoms with E-state index in [9.17, 15) is 9.59 Å². The Hall–Kier alpha value is -2.48. The van der Waals surface area contributed by atoms with Gasteiger partial charge in [0.15, 0.2) is 11.5 Å². The zero-order chi connectivity index (χ0) is 20.8. The van der Waals surface area contributed by atoms with Crippen molar-refractivity contribution in [3.8, 4) is 11.5 Å². The van der Waals surface area contributed by atoms with Crippen molar-refractivity contribution in [1.82, 2.24) is 15.1 Å². The molecule has 2 fully saturated rings. The quantitative estimate of drug-likeness (QED) is 0.807. The number of carbonyl (C=O) groups is 2. The third-order valence-electron chi connectivity index (χ3n) is 5.62. The van der Waals surface area contributed by atoms with Crippen LogP contribution in [0, 0.1) is 5.92 Å². The summed E-state index contributed by atoms with van der Waals surface area (Å²) in [6, 6.07) is 5.68. The first-order valence-corrected chi connectivity index (χ1v) is 10.2. The highest BCUT2D eigenvalue weighted by atomic mass is 16.5. The first-order valence-electron chi connectivity index (χ1n) is 10.2. The fraction of sp³-hybridized carbons (Fsp3) is 0.619. The normalized spacial score (nSPS) is 22.2. The Labute approximate surface area is 172 Å². The molecule has 2 heterocycles. The number of likely N-dealkylation sites (tertiary alicyclic amines) is 1. The van der Waals surface area contributed by atoms with E-state index in [1.807, 2.05) is 30.0 Å². The summed E-state index contributed by atoms with van der Waals surface area (Å²) < 4.78 is 16.2. The third-order valence-corrected chi connectivity index (χ3v) is 5.62. The Bertz CT molecular complexity index is 720. The van der Waals surface area contributed by atoms with E-state index in [0.717, 1.165) is 5.56 Å². The molecule has 2 atom stereocenters. The number of hydrogen-bond donors (Lipinski definition) is 1. The fourth-order valence-corrected chi connectivity index (χ4v) is 4.10. The largest absolute Gasteiger partial charge is 0.493 e. The van der Waals surface area contributed by atoms with Gasteiger partial charge in [0.1, 0.15) is 0 Å². The number of morpholine rings is 1. The second-order valence-corrected chi connectivity index (χ2v) is 7.42. The average Bonchev–Trinajstić information content (AvgIpc) is 2.78. The number of methoxy groups -OCH3 is 2. The molecule has 0 bridgehead atoms. The van der Waals surface area contributed by atoms with Gasteiger partial charge >= 0.3 is 6.03 Å². The van der Waals surface area contributed by atoms with Crippen molar-refractivity contribution in [3.63, 3.8) is 0 Å². The van der Waals surface area contributed by atoms with Crippen molar-refractivity contribution in [1.29, 1.82) is 0 Å². The number of urea groups is 1. The van der Waals surface area contributed by atoms with Gasteiger partial charge in [-0.25, -0.2) is 4.79 Å². The molecule has 2 aliphatic heterocycles. The highest BCUT2D eigenvalue weighted by Gasteiger charge is 2.37. The first-order chi connectivity index (χ1) is 14.1. The van der Waals surface area contributed by atoms with Crippen LogP contribution >= 0.6 is 0 Å². The van der Waals surface area contributed by atoms with Crippen molar-refractivity contribution in [3.05, 3.63) is 23.8 Å². The van der Waals surface area contributed by atoms with Crippen molar-refractivity contribution in [2.75, 3.05) is 60.2 Å². The molecule has 1 aromatic rings. The number of benzene rings is 1. The Morgan fingerprint density at radius 2 is 1.83 bits per heavy atom. The van der Waals surface area contributed by atoms with Gasteiger partial charge in [0.25, 0.3) is 0 Å². The lowest BCUT2D eigenvalue weighted by molar-refractivity contribution is -0.141. The molecule has 0 saturated carbocycles. The van der Waals surface area contributed by atoms with Crippen LogP contribution < -0.4 is 14.8 Å². The molecule has 0 aromatic heterocycles. The smallest absolute Gasteiger partial charge is 0.317 e. The number of nitrogens with zero attached hydrogens (tertiary/aromatic N) is 2. The minimum absolute atomic E-state index is 0.0427. The summed E-state index contributed by atoms with van der Waals surface area (Å²) in [4.78, 5) is 29.3. The van der Waals surface area contributed by atoms with Gasteiger partial charge in [-0.3, -0.25) is 4.79 Å². The van der Waals surface area contributed by atoms with E-state index < -0.39 is 0 Å². The van der Waals surface area contributed by atoms with Gasteiger partial charge in [0.2, 0.25) is 5.91 Å². The van der Waals surface area contributed by atoms with E-state index in [2.05, 4.69) is 5.32 Å². The predicted octanol–water partition coefficient (Wildman–Crippen LogP) is 1.70. The molecule has 2 aliphatic rings. The summed E-state index contributed by atoms with van der Waals surface area (Å²) in [5.41, 5.74) is 1.04. The number of ether oxygens (including phenoxy) is 3. The van der Waals surface area contributed by atoms with Gasteiger partial charge in [-0.2, -0.15) is 0 Å². The number of carbonyl (C=O) groups excluding carboxylic acids is 2. The van der Waals surface area contributed by atoms with Crippen LogP contribution in [-0.4, -0.2) is 81.9 Å². The molecule has 29 heavy (non-hydrogen) atoms. The van der Waals surface area contributed by atoms with Crippen LogP contribution in [-0.2, 0) is 9.53 Å². The molecule has 160 valence electrons. The van der Waals surface area contributed by atoms with Crippen LogP contribution in [0.2, 0.25) is 0 Å². The lowest BCUT2D eigenvalue weighted by atomic mass is 9.83. The van der Waals surface area contributed by atoms with Gasteiger partial charge in [-0.1, -0.05) is 6.07 Å². The lowest BCUT2D eigenvalue weighted by Crippen LogP contribution is -2.53. The van der Waals surface area contributed by atoms with Crippen LogP contribution in [0.3, 0.4) is 0 Å². The molecular weight excluding hydrogens is 374 g/mol. The summed E-state index contributed by atoms with van der Waals surface area (Å²) in [6.45, 7) is 5.80. The van der Waals surface area contributed by atoms with E-state index in [-0.39, 0.29) is 23.8 Å². The van der Waals surface area contributed by atoms with E-state index in [0.29, 0.717) is 63.9 Å². The molecule has 8 nitrogen and oxygen atoms in total. The van der Waals surface area contributed by atoms with Crippen molar-refractivity contribution in [2.45, 2.75) is 19.3 Å². The molecule has 0 aliphatic carbocycles. The Balaban J connectivity index is 1.83. The van der Waals surface area contributed by atoms with Crippen molar-refractivity contribution < 1.29 is 23.8 Å². The maximum atomic E-state index is 13.1. The minimum Gasteiger partial charge on any atom is -0.493 e. The minimum atomic E-state index is -0.234. The number of hydrogen-bond acceptors (Lipinski definition) is 5.